The minimum atomic E-state index is -0.160. The maximum Gasteiger partial charge on any atom is 0.148 e. The van der Waals surface area contributed by atoms with Crippen molar-refractivity contribution in [2.45, 2.75) is 57.8 Å². The first-order valence-corrected chi connectivity index (χ1v) is 9.20. The van der Waals surface area contributed by atoms with Crippen LogP contribution in [-0.4, -0.2) is 37.9 Å². The molecule has 3 N–H and O–H groups in total. The molecular formula is C19H30FN3O. The fraction of sp³-hybridized carbons (Fsp3) is 0.684. The number of benzene rings is 1. The maximum atomic E-state index is 14.6. The van der Waals surface area contributed by atoms with E-state index in [1.54, 1.807) is 6.07 Å². The van der Waals surface area contributed by atoms with Gasteiger partial charge in [-0.15, -0.1) is 0 Å². The topological polar surface area (TPSA) is 50.5 Å². The molecule has 1 aromatic rings. The highest BCUT2D eigenvalue weighted by Gasteiger charge is 2.24. The lowest BCUT2D eigenvalue weighted by Crippen LogP contribution is -2.45. The number of ether oxygens (including phenoxy) is 1. The number of hydrogen-bond donors (Lipinski definition) is 2. The van der Waals surface area contributed by atoms with E-state index in [-0.39, 0.29) is 18.0 Å². The van der Waals surface area contributed by atoms with Gasteiger partial charge in [0.05, 0.1) is 17.9 Å². The fourth-order valence-electron chi connectivity index (χ4n) is 3.90. The lowest BCUT2D eigenvalue weighted by atomic mass is 9.86. The summed E-state index contributed by atoms with van der Waals surface area (Å²) in [6, 6.07) is 5.86. The Morgan fingerprint density at radius 1 is 1.17 bits per heavy atom. The quantitative estimate of drug-likeness (QED) is 0.886. The van der Waals surface area contributed by atoms with Gasteiger partial charge in [-0.05, 0) is 63.6 Å². The summed E-state index contributed by atoms with van der Waals surface area (Å²) in [7, 11) is 0. The van der Waals surface area contributed by atoms with Crippen LogP contribution in [-0.2, 0) is 4.74 Å². The molecule has 0 amide bonds. The Hall–Kier alpha value is -1.33. The Bertz CT molecular complexity index is 535. The standard InChI is InChI=1S/C19H30FN3O/c1-13-11-23(12-14(2)24-13)19-8-7-17(9-18(19)20)22-10-15-3-5-16(21)6-4-15/h7-9,13-16,22H,3-6,10-12,21H2,1-2H3/t13?,14?,15-,16-. The second-order valence-electron chi connectivity index (χ2n) is 7.49. The molecule has 2 aliphatic rings. The number of halogens is 1. The minimum absolute atomic E-state index is 0.128. The monoisotopic (exact) mass is 335 g/mol. The Labute approximate surface area is 144 Å². The van der Waals surface area contributed by atoms with Gasteiger partial charge < -0.3 is 20.7 Å². The third-order valence-electron chi connectivity index (χ3n) is 5.19. The van der Waals surface area contributed by atoms with Crippen molar-refractivity contribution in [3.05, 3.63) is 24.0 Å². The predicted molar refractivity (Wildman–Crippen MR) is 97.0 cm³/mol. The molecule has 0 spiro atoms. The van der Waals surface area contributed by atoms with E-state index in [0.29, 0.717) is 17.6 Å². The van der Waals surface area contributed by atoms with Crippen molar-refractivity contribution in [1.82, 2.24) is 0 Å². The zero-order chi connectivity index (χ0) is 17.1. The lowest BCUT2D eigenvalue weighted by Gasteiger charge is -2.37. The predicted octanol–water partition coefficient (Wildman–Crippen LogP) is 3.37. The number of morpholine rings is 1. The molecule has 1 aliphatic carbocycles. The molecule has 1 aromatic carbocycles. The van der Waals surface area contributed by atoms with Crippen LogP contribution in [0.3, 0.4) is 0 Å². The second kappa shape index (κ2) is 7.70. The van der Waals surface area contributed by atoms with Gasteiger partial charge in [-0.3, -0.25) is 0 Å². The number of nitrogens with one attached hydrogen (secondary N) is 1. The number of nitrogens with two attached hydrogens (primary N) is 1. The van der Waals surface area contributed by atoms with E-state index >= 15 is 0 Å². The van der Waals surface area contributed by atoms with Crippen molar-refractivity contribution < 1.29 is 9.13 Å². The minimum Gasteiger partial charge on any atom is -0.385 e. The SMILES string of the molecule is CC1CN(c2ccc(NC[C@H]3CC[C@H](N)CC3)cc2F)CC(C)O1. The van der Waals surface area contributed by atoms with Crippen molar-refractivity contribution in [1.29, 1.82) is 0 Å². The van der Waals surface area contributed by atoms with Gasteiger partial charge >= 0.3 is 0 Å². The number of anilines is 2. The third-order valence-corrected chi connectivity index (χ3v) is 5.19. The molecular weight excluding hydrogens is 305 g/mol. The van der Waals surface area contributed by atoms with Crippen molar-refractivity contribution in [2.75, 3.05) is 29.9 Å². The van der Waals surface area contributed by atoms with E-state index < -0.39 is 0 Å². The van der Waals surface area contributed by atoms with Crippen molar-refractivity contribution in [3.8, 4) is 0 Å². The third kappa shape index (κ3) is 4.39. The van der Waals surface area contributed by atoms with E-state index in [2.05, 4.69) is 10.2 Å². The summed E-state index contributed by atoms with van der Waals surface area (Å²) in [5, 5.41) is 3.39. The summed E-state index contributed by atoms with van der Waals surface area (Å²) < 4.78 is 20.3. The van der Waals surface area contributed by atoms with Gasteiger partial charge in [-0.2, -0.15) is 0 Å². The van der Waals surface area contributed by atoms with Gasteiger partial charge in [0.2, 0.25) is 0 Å². The Morgan fingerprint density at radius 3 is 2.46 bits per heavy atom. The molecule has 0 bridgehead atoms. The Balaban J connectivity index is 1.58. The summed E-state index contributed by atoms with van der Waals surface area (Å²) >= 11 is 0. The van der Waals surface area contributed by atoms with Gasteiger partial charge in [-0.1, -0.05) is 0 Å². The fourth-order valence-corrected chi connectivity index (χ4v) is 3.90. The molecule has 1 saturated carbocycles. The largest absolute Gasteiger partial charge is 0.385 e. The van der Waals surface area contributed by atoms with Crippen molar-refractivity contribution >= 4 is 11.4 Å². The van der Waals surface area contributed by atoms with Gasteiger partial charge in [-0.25, -0.2) is 4.39 Å². The molecule has 2 atom stereocenters. The molecule has 1 aliphatic heterocycles. The molecule has 0 aromatic heterocycles. The van der Waals surface area contributed by atoms with Gasteiger partial charge in [0.1, 0.15) is 5.82 Å². The average Bonchev–Trinajstić information content (AvgIpc) is 2.53. The Kier molecular flexibility index (Phi) is 5.61. The molecule has 2 unspecified atom stereocenters. The number of hydrogen-bond acceptors (Lipinski definition) is 4. The maximum absolute atomic E-state index is 14.6. The van der Waals surface area contributed by atoms with Gasteiger partial charge in [0, 0.05) is 31.4 Å². The van der Waals surface area contributed by atoms with Crippen molar-refractivity contribution in [3.63, 3.8) is 0 Å². The highest BCUT2D eigenvalue weighted by Crippen LogP contribution is 2.27. The molecule has 2 fully saturated rings. The van der Waals surface area contributed by atoms with Crippen LogP contribution in [0.15, 0.2) is 18.2 Å². The summed E-state index contributed by atoms with van der Waals surface area (Å²) in [6.45, 7) is 6.43. The summed E-state index contributed by atoms with van der Waals surface area (Å²) in [6.07, 6.45) is 4.80. The van der Waals surface area contributed by atoms with Crippen LogP contribution in [0.1, 0.15) is 39.5 Å². The first-order valence-electron chi connectivity index (χ1n) is 9.20. The van der Waals surface area contributed by atoms with Crippen LogP contribution < -0.4 is 16.0 Å². The number of rotatable bonds is 4. The number of nitrogens with zero attached hydrogens (tertiary/aromatic N) is 1. The first-order chi connectivity index (χ1) is 11.5. The zero-order valence-electron chi connectivity index (χ0n) is 14.8. The molecule has 4 nitrogen and oxygen atoms in total. The second-order valence-corrected chi connectivity index (χ2v) is 7.49. The van der Waals surface area contributed by atoms with E-state index in [9.17, 15) is 4.39 Å². The lowest BCUT2D eigenvalue weighted by molar-refractivity contribution is -0.00539. The van der Waals surface area contributed by atoms with Crippen LogP contribution in [0.5, 0.6) is 0 Å². The normalized spacial score (nSPS) is 31.1. The van der Waals surface area contributed by atoms with Crippen LogP contribution in [0.4, 0.5) is 15.8 Å². The summed E-state index contributed by atoms with van der Waals surface area (Å²) in [5.74, 6) is 0.487. The molecule has 1 saturated heterocycles. The average molecular weight is 335 g/mol. The molecule has 0 radical (unpaired) electrons. The summed E-state index contributed by atoms with van der Waals surface area (Å²) in [5.41, 5.74) is 7.48. The highest BCUT2D eigenvalue weighted by atomic mass is 19.1. The van der Waals surface area contributed by atoms with Crippen LogP contribution >= 0.6 is 0 Å². The highest BCUT2D eigenvalue weighted by molar-refractivity contribution is 5.56. The zero-order valence-corrected chi connectivity index (χ0v) is 14.8. The van der Waals surface area contributed by atoms with Crippen LogP contribution in [0.2, 0.25) is 0 Å². The van der Waals surface area contributed by atoms with E-state index in [4.69, 9.17) is 10.5 Å². The molecule has 3 rings (SSSR count). The summed E-state index contributed by atoms with van der Waals surface area (Å²) in [4.78, 5) is 2.08. The van der Waals surface area contributed by atoms with Crippen molar-refractivity contribution in [2.24, 2.45) is 11.7 Å². The molecule has 1 heterocycles. The van der Waals surface area contributed by atoms with E-state index in [1.807, 2.05) is 26.0 Å². The van der Waals surface area contributed by atoms with E-state index in [1.165, 1.54) is 0 Å². The van der Waals surface area contributed by atoms with Gasteiger partial charge in [0.15, 0.2) is 0 Å². The van der Waals surface area contributed by atoms with Gasteiger partial charge in [0.25, 0.3) is 0 Å². The van der Waals surface area contributed by atoms with Crippen LogP contribution in [0, 0.1) is 11.7 Å². The Morgan fingerprint density at radius 2 is 1.83 bits per heavy atom. The smallest absolute Gasteiger partial charge is 0.148 e. The molecule has 134 valence electrons. The molecule has 5 heteroatoms. The van der Waals surface area contributed by atoms with Crippen LogP contribution in [0.25, 0.3) is 0 Å². The molecule has 24 heavy (non-hydrogen) atoms. The first kappa shape index (κ1) is 17.5. The van der Waals surface area contributed by atoms with E-state index in [0.717, 1.165) is 51.0 Å².